The summed E-state index contributed by atoms with van der Waals surface area (Å²) in [5.74, 6) is -0.865. The molecular formula is C13H11F5OS. The van der Waals surface area contributed by atoms with Gasteiger partial charge in [-0.05, 0) is 17.7 Å². The molecule has 0 aliphatic rings. The standard InChI is InChI=1S/C13H11F5OS/c14-20(15,16,17,18)13-9-5-4-8-12(13)19-10-11-6-2-1-3-7-11/h1-9H,10H2. The molecule has 0 atom stereocenters. The van der Waals surface area contributed by atoms with E-state index in [1.54, 1.807) is 30.3 Å². The zero-order valence-corrected chi connectivity index (χ0v) is 10.9. The van der Waals surface area contributed by atoms with Gasteiger partial charge in [0.1, 0.15) is 17.3 Å². The molecule has 0 aliphatic heterocycles. The molecule has 0 heterocycles. The van der Waals surface area contributed by atoms with Crippen LogP contribution in [0.25, 0.3) is 0 Å². The number of benzene rings is 2. The molecule has 0 spiro atoms. The van der Waals surface area contributed by atoms with Crippen LogP contribution in [0, 0.1) is 0 Å². The van der Waals surface area contributed by atoms with Gasteiger partial charge < -0.3 is 4.74 Å². The van der Waals surface area contributed by atoms with E-state index >= 15 is 0 Å². The molecule has 0 fully saturated rings. The van der Waals surface area contributed by atoms with E-state index in [0.29, 0.717) is 11.6 Å². The lowest BCUT2D eigenvalue weighted by molar-refractivity contribution is 0.286. The second-order valence-electron chi connectivity index (χ2n) is 4.19. The van der Waals surface area contributed by atoms with Gasteiger partial charge in [0.05, 0.1) is 0 Å². The molecule has 20 heavy (non-hydrogen) atoms. The number of rotatable bonds is 4. The third kappa shape index (κ3) is 3.63. The van der Waals surface area contributed by atoms with Crippen LogP contribution in [-0.4, -0.2) is 0 Å². The highest BCUT2D eigenvalue weighted by Crippen LogP contribution is 3.03. The SMILES string of the molecule is FS(F)(F)(F)(F)c1ccccc1OCc1ccccc1. The summed E-state index contributed by atoms with van der Waals surface area (Å²) in [6.45, 7) is -0.217. The van der Waals surface area contributed by atoms with E-state index in [2.05, 4.69) is 0 Å². The van der Waals surface area contributed by atoms with Gasteiger partial charge in [-0.2, -0.15) is 0 Å². The molecule has 0 saturated carbocycles. The summed E-state index contributed by atoms with van der Waals surface area (Å²) >= 11 is 0. The number of para-hydroxylation sites is 1. The maximum absolute atomic E-state index is 12.9. The van der Waals surface area contributed by atoms with Crippen molar-refractivity contribution >= 4 is 10.2 Å². The van der Waals surface area contributed by atoms with Crippen molar-refractivity contribution in [1.82, 2.24) is 0 Å². The molecule has 2 aromatic rings. The zero-order chi connectivity index (χ0) is 14.9. The maximum Gasteiger partial charge on any atom is 0.313 e. The van der Waals surface area contributed by atoms with Crippen LogP contribution in [0.4, 0.5) is 19.4 Å². The Morgan fingerprint density at radius 3 is 1.90 bits per heavy atom. The monoisotopic (exact) mass is 310 g/mol. The quantitative estimate of drug-likeness (QED) is 0.637. The molecule has 2 aromatic carbocycles. The van der Waals surface area contributed by atoms with E-state index in [1.807, 2.05) is 0 Å². The van der Waals surface area contributed by atoms with Gasteiger partial charge in [-0.1, -0.05) is 61.9 Å². The molecule has 2 rings (SSSR count). The predicted octanol–water partition coefficient (Wildman–Crippen LogP) is 5.92. The molecule has 0 unspecified atom stereocenters. The van der Waals surface area contributed by atoms with Crippen LogP contribution in [0.2, 0.25) is 0 Å². The molecule has 0 amide bonds. The van der Waals surface area contributed by atoms with Crippen LogP contribution < -0.4 is 4.74 Å². The largest absolute Gasteiger partial charge is 0.487 e. The summed E-state index contributed by atoms with van der Waals surface area (Å²) in [6.07, 6.45) is 0. The summed E-state index contributed by atoms with van der Waals surface area (Å²) < 4.78 is 69.2. The zero-order valence-electron chi connectivity index (χ0n) is 10.1. The van der Waals surface area contributed by atoms with Crippen molar-refractivity contribution in [3.8, 4) is 5.75 Å². The van der Waals surface area contributed by atoms with Gasteiger partial charge in [0, 0.05) is 0 Å². The third-order valence-electron chi connectivity index (χ3n) is 2.50. The van der Waals surface area contributed by atoms with Crippen LogP contribution in [0.5, 0.6) is 5.75 Å². The van der Waals surface area contributed by atoms with Gasteiger partial charge in [-0.25, -0.2) is 0 Å². The topological polar surface area (TPSA) is 9.23 Å². The normalized spacial score (nSPS) is 15.2. The van der Waals surface area contributed by atoms with Crippen molar-refractivity contribution in [2.75, 3.05) is 0 Å². The van der Waals surface area contributed by atoms with Crippen LogP contribution >= 0.6 is 10.2 Å². The van der Waals surface area contributed by atoms with Crippen molar-refractivity contribution in [1.29, 1.82) is 0 Å². The molecule has 0 aromatic heterocycles. The minimum absolute atomic E-state index is 0.217. The summed E-state index contributed by atoms with van der Waals surface area (Å²) in [7, 11) is -9.75. The molecule has 110 valence electrons. The van der Waals surface area contributed by atoms with E-state index < -0.39 is 20.9 Å². The fourth-order valence-corrected chi connectivity index (χ4v) is 2.47. The van der Waals surface area contributed by atoms with Gasteiger partial charge >= 0.3 is 10.2 Å². The van der Waals surface area contributed by atoms with E-state index in [9.17, 15) is 19.4 Å². The van der Waals surface area contributed by atoms with Gasteiger partial charge in [0.15, 0.2) is 0 Å². The van der Waals surface area contributed by atoms with Crippen LogP contribution in [0.1, 0.15) is 5.56 Å². The van der Waals surface area contributed by atoms with Crippen molar-refractivity contribution in [2.24, 2.45) is 0 Å². The Morgan fingerprint density at radius 2 is 1.30 bits per heavy atom. The highest BCUT2D eigenvalue weighted by molar-refractivity contribution is 8.45. The van der Waals surface area contributed by atoms with Gasteiger partial charge in [0.2, 0.25) is 0 Å². The van der Waals surface area contributed by atoms with Crippen molar-refractivity contribution in [2.45, 2.75) is 11.5 Å². The summed E-state index contributed by atoms with van der Waals surface area (Å²) in [6, 6.07) is 11.7. The fourth-order valence-electron chi connectivity index (χ4n) is 1.62. The first-order chi connectivity index (χ1) is 9.06. The van der Waals surface area contributed by atoms with Crippen molar-refractivity contribution in [3.05, 3.63) is 60.2 Å². The highest BCUT2D eigenvalue weighted by Gasteiger charge is 2.67. The average molecular weight is 310 g/mol. The molecule has 7 heteroatoms. The lowest BCUT2D eigenvalue weighted by Crippen LogP contribution is -2.09. The van der Waals surface area contributed by atoms with Crippen molar-refractivity contribution in [3.63, 3.8) is 0 Å². The average Bonchev–Trinajstić information content (AvgIpc) is 2.35. The van der Waals surface area contributed by atoms with Crippen LogP contribution in [-0.2, 0) is 6.61 Å². The first-order valence-corrected chi connectivity index (χ1v) is 7.51. The lowest BCUT2D eigenvalue weighted by Gasteiger charge is -2.41. The summed E-state index contributed by atoms with van der Waals surface area (Å²) in [4.78, 5) is -2.00. The van der Waals surface area contributed by atoms with E-state index in [4.69, 9.17) is 4.74 Å². The Balaban J connectivity index is 2.31. The van der Waals surface area contributed by atoms with Crippen molar-refractivity contribution < 1.29 is 24.2 Å². The maximum atomic E-state index is 12.9. The Morgan fingerprint density at radius 1 is 0.750 bits per heavy atom. The van der Waals surface area contributed by atoms with Gasteiger partial charge in [-0.15, -0.1) is 0 Å². The predicted molar refractivity (Wildman–Crippen MR) is 68.6 cm³/mol. The first kappa shape index (κ1) is 14.6. The molecular weight excluding hydrogens is 299 g/mol. The fraction of sp³-hybridized carbons (Fsp3) is 0.0769. The molecule has 0 aliphatic carbocycles. The first-order valence-electron chi connectivity index (χ1n) is 5.56. The number of halogens is 5. The number of ether oxygens (including phenoxy) is 1. The van der Waals surface area contributed by atoms with E-state index in [1.165, 1.54) is 6.07 Å². The number of hydrogen-bond donors (Lipinski definition) is 0. The van der Waals surface area contributed by atoms with E-state index in [-0.39, 0.29) is 6.61 Å². The molecule has 0 bridgehead atoms. The molecule has 0 saturated heterocycles. The number of hydrogen-bond acceptors (Lipinski definition) is 1. The molecule has 0 N–H and O–H groups in total. The Hall–Kier alpha value is -1.76. The van der Waals surface area contributed by atoms with E-state index in [0.717, 1.165) is 12.1 Å². The second-order valence-corrected chi connectivity index (χ2v) is 6.57. The molecule has 0 radical (unpaired) electrons. The summed E-state index contributed by atoms with van der Waals surface area (Å²) in [5, 5.41) is 0. The van der Waals surface area contributed by atoms with Crippen LogP contribution in [0.15, 0.2) is 59.5 Å². The van der Waals surface area contributed by atoms with Gasteiger partial charge in [0.25, 0.3) is 0 Å². The molecule has 1 nitrogen and oxygen atoms in total. The highest BCUT2D eigenvalue weighted by atomic mass is 32.5. The summed E-state index contributed by atoms with van der Waals surface area (Å²) in [5.41, 5.74) is 0.587. The lowest BCUT2D eigenvalue weighted by atomic mass is 10.2. The third-order valence-corrected chi connectivity index (χ3v) is 3.67. The minimum atomic E-state index is -9.75. The smallest absolute Gasteiger partial charge is 0.313 e. The van der Waals surface area contributed by atoms with Gasteiger partial charge in [-0.3, -0.25) is 0 Å². The Bertz CT molecular complexity index is 609. The minimum Gasteiger partial charge on any atom is -0.487 e. The Labute approximate surface area is 112 Å². The second kappa shape index (κ2) is 4.12. The van der Waals surface area contributed by atoms with Crippen LogP contribution in [0.3, 0.4) is 0 Å². The Kier molecular flexibility index (Phi) is 3.01.